The molecule has 1 heterocycles. The van der Waals surface area contributed by atoms with Crippen LogP contribution in [0, 0.1) is 23.7 Å². The van der Waals surface area contributed by atoms with E-state index < -0.39 is 24.5 Å². The summed E-state index contributed by atoms with van der Waals surface area (Å²) in [4.78, 5) is 50.9. The Labute approximate surface area is 167 Å². The standard InChI is InChI=1S/C20H21ClN2O5/c1-10(20(27)28-9-15(24)22-14-4-2-3-13(21)8-14)23-18(25)16-11-5-6-12(7-11)17(16)19(23)26/h2-4,8,10-12,16-17H,5-7,9H2,1H3,(H,22,24)/t10-,11+,12+,16-,17-/m1/s1. The lowest BCUT2D eigenvalue weighted by atomic mass is 9.81. The number of carbonyl (C=O) groups is 4. The van der Waals surface area contributed by atoms with Crippen LogP contribution < -0.4 is 5.32 Å². The van der Waals surface area contributed by atoms with Crippen molar-refractivity contribution in [1.82, 2.24) is 4.90 Å². The van der Waals surface area contributed by atoms with Gasteiger partial charge in [0.05, 0.1) is 11.8 Å². The lowest BCUT2D eigenvalue weighted by Crippen LogP contribution is -2.45. The van der Waals surface area contributed by atoms with Gasteiger partial charge >= 0.3 is 5.97 Å². The molecule has 0 aromatic heterocycles. The number of nitrogens with one attached hydrogen (secondary N) is 1. The molecule has 4 rings (SSSR count). The lowest BCUT2D eigenvalue weighted by Gasteiger charge is -2.23. The van der Waals surface area contributed by atoms with Crippen molar-refractivity contribution < 1.29 is 23.9 Å². The third-order valence-electron chi connectivity index (χ3n) is 6.14. The third kappa shape index (κ3) is 3.17. The fourth-order valence-corrected chi connectivity index (χ4v) is 5.13. The molecule has 3 fully saturated rings. The van der Waals surface area contributed by atoms with Gasteiger partial charge in [-0.05, 0) is 56.2 Å². The first-order chi connectivity index (χ1) is 13.4. The Balaban J connectivity index is 1.34. The van der Waals surface area contributed by atoms with E-state index in [0.717, 1.165) is 24.2 Å². The average Bonchev–Trinajstić information content (AvgIpc) is 3.33. The van der Waals surface area contributed by atoms with Crippen LogP contribution in [0.5, 0.6) is 0 Å². The maximum absolute atomic E-state index is 12.7. The molecule has 1 aromatic rings. The summed E-state index contributed by atoms with van der Waals surface area (Å²) in [5.41, 5.74) is 0.481. The summed E-state index contributed by atoms with van der Waals surface area (Å²) in [5, 5.41) is 3.03. The van der Waals surface area contributed by atoms with Crippen LogP contribution in [0.1, 0.15) is 26.2 Å². The van der Waals surface area contributed by atoms with Crippen LogP contribution in [-0.2, 0) is 23.9 Å². The molecule has 3 aliphatic rings. The predicted octanol–water partition coefficient (Wildman–Crippen LogP) is 2.24. The van der Waals surface area contributed by atoms with E-state index in [9.17, 15) is 19.2 Å². The van der Waals surface area contributed by atoms with Gasteiger partial charge in [-0.3, -0.25) is 19.3 Å². The highest BCUT2D eigenvalue weighted by Crippen LogP contribution is 2.56. The average molecular weight is 405 g/mol. The van der Waals surface area contributed by atoms with Crippen molar-refractivity contribution in [1.29, 1.82) is 0 Å². The number of nitrogens with zero attached hydrogens (tertiary/aromatic N) is 1. The summed E-state index contributed by atoms with van der Waals surface area (Å²) in [7, 11) is 0. The van der Waals surface area contributed by atoms with Gasteiger partial charge in [0.15, 0.2) is 6.61 Å². The second-order valence-electron chi connectivity index (χ2n) is 7.77. The molecular formula is C20H21ClN2O5. The van der Waals surface area contributed by atoms with Crippen molar-refractivity contribution in [3.05, 3.63) is 29.3 Å². The van der Waals surface area contributed by atoms with Gasteiger partial charge in [0.25, 0.3) is 5.91 Å². The summed E-state index contributed by atoms with van der Waals surface area (Å²) in [6.07, 6.45) is 2.88. The number of halogens is 1. The predicted molar refractivity (Wildman–Crippen MR) is 100 cm³/mol. The first-order valence-electron chi connectivity index (χ1n) is 9.45. The second-order valence-corrected chi connectivity index (χ2v) is 8.21. The number of carbonyl (C=O) groups excluding carboxylic acids is 4. The van der Waals surface area contributed by atoms with Crippen LogP contribution in [0.2, 0.25) is 5.02 Å². The number of likely N-dealkylation sites (tertiary alicyclic amines) is 1. The number of ether oxygens (including phenoxy) is 1. The Morgan fingerprint density at radius 2 is 1.86 bits per heavy atom. The highest BCUT2D eigenvalue weighted by Gasteiger charge is 2.62. The quantitative estimate of drug-likeness (QED) is 0.600. The summed E-state index contributed by atoms with van der Waals surface area (Å²) in [6, 6.07) is 5.54. The topological polar surface area (TPSA) is 92.8 Å². The van der Waals surface area contributed by atoms with Gasteiger partial charge in [-0.2, -0.15) is 0 Å². The lowest BCUT2D eigenvalue weighted by molar-refractivity contribution is -0.159. The number of amides is 3. The Bertz CT molecular complexity index is 829. The SMILES string of the molecule is C[C@H](C(=O)OCC(=O)Nc1cccc(Cl)c1)N1C(=O)[C@@H]2[C@H]3CC[C@@H](C3)[C@H]2C1=O. The van der Waals surface area contributed by atoms with Crippen molar-refractivity contribution in [3.63, 3.8) is 0 Å². The number of imide groups is 1. The van der Waals surface area contributed by atoms with Gasteiger partial charge in [-0.15, -0.1) is 0 Å². The molecule has 0 spiro atoms. The molecule has 1 aromatic carbocycles. The van der Waals surface area contributed by atoms with Crippen molar-refractivity contribution in [3.8, 4) is 0 Å². The van der Waals surface area contributed by atoms with E-state index in [2.05, 4.69) is 5.32 Å². The number of rotatable bonds is 5. The number of anilines is 1. The first kappa shape index (κ1) is 18.9. The molecule has 7 nitrogen and oxygen atoms in total. The molecule has 2 saturated carbocycles. The number of fused-ring (bicyclic) bond motifs is 5. The van der Waals surface area contributed by atoms with Gasteiger partial charge in [0.2, 0.25) is 11.8 Å². The minimum Gasteiger partial charge on any atom is -0.454 e. The molecule has 8 heteroatoms. The van der Waals surface area contributed by atoms with E-state index >= 15 is 0 Å². The molecule has 3 amide bonds. The van der Waals surface area contributed by atoms with Crippen molar-refractivity contribution in [2.45, 2.75) is 32.2 Å². The molecule has 0 unspecified atom stereocenters. The Morgan fingerprint density at radius 3 is 2.46 bits per heavy atom. The minimum atomic E-state index is -1.04. The number of hydrogen-bond acceptors (Lipinski definition) is 5. The zero-order valence-electron chi connectivity index (χ0n) is 15.4. The molecule has 148 valence electrons. The fourth-order valence-electron chi connectivity index (χ4n) is 4.94. The normalized spacial score (nSPS) is 29.0. The molecule has 5 atom stereocenters. The zero-order chi connectivity index (χ0) is 20.0. The number of hydrogen-bond donors (Lipinski definition) is 1. The third-order valence-corrected chi connectivity index (χ3v) is 6.38. The zero-order valence-corrected chi connectivity index (χ0v) is 16.1. The largest absolute Gasteiger partial charge is 0.454 e. The number of esters is 1. The molecule has 1 aliphatic heterocycles. The van der Waals surface area contributed by atoms with Crippen LogP contribution in [-0.4, -0.2) is 41.2 Å². The van der Waals surface area contributed by atoms with E-state index in [1.165, 1.54) is 6.92 Å². The van der Waals surface area contributed by atoms with Gasteiger partial charge in [-0.25, -0.2) is 4.79 Å². The Morgan fingerprint density at radius 1 is 1.21 bits per heavy atom. The van der Waals surface area contributed by atoms with Crippen LogP contribution >= 0.6 is 11.6 Å². The minimum absolute atomic E-state index is 0.253. The van der Waals surface area contributed by atoms with Crippen LogP contribution in [0.25, 0.3) is 0 Å². The van der Waals surface area contributed by atoms with Crippen molar-refractivity contribution in [2.75, 3.05) is 11.9 Å². The first-order valence-corrected chi connectivity index (χ1v) is 9.83. The van der Waals surface area contributed by atoms with Crippen molar-refractivity contribution in [2.24, 2.45) is 23.7 Å². The van der Waals surface area contributed by atoms with E-state index in [1.54, 1.807) is 24.3 Å². The van der Waals surface area contributed by atoms with Crippen LogP contribution in [0.15, 0.2) is 24.3 Å². The highest BCUT2D eigenvalue weighted by atomic mass is 35.5. The molecule has 2 bridgehead atoms. The molecule has 28 heavy (non-hydrogen) atoms. The maximum Gasteiger partial charge on any atom is 0.329 e. The van der Waals surface area contributed by atoms with Crippen molar-refractivity contribution >= 4 is 41.0 Å². The summed E-state index contributed by atoms with van der Waals surface area (Å²) >= 11 is 5.86. The van der Waals surface area contributed by atoms with E-state index in [0.29, 0.717) is 10.7 Å². The van der Waals surface area contributed by atoms with E-state index in [4.69, 9.17) is 16.3 Å². The van der Waals surface area contributed by atoms with Gasteiger partial charge in [0.1, 0.15) is 6.04 Å². The number of benzene rings is 1. The van der Waals surface area contributed by atoms with Crippen LogP contribution in [0.3, 0.4) is 0 Å². The van der Waals surface area contributed by atoms with E-state index in [1.807, 2.05) is 0 Å². The highest BCUT2D eigenvalue weighted by molar-refractivity contribution is 6.30. The molecule has 1 saturated heterocycles. The smallest absolute Gasteiger partial charge is 0.329 e. The fraction of sp³-hybridized carbons (Fsp3) is 0.500. The van der Waals surface area contributed by atoms with Gasteiger partial charge in [0, 0.05) is 10.7 Å². The summed E-state index contributed by atoms with van der Waals surface area (Å²) < 4.78 is 5.04. The van der Waals surface area contributed by atoms with Gasteiger partial charge in [-0.1, -0.05) is 17.7 Å². The van der Waals surface area contributed by atoms with E-state index in [-0.39, 0.29) is 35.5 Å². The molecule has 0 radical (unpaired) electrons. The molecule has 1 N–H and O–H groups in total. The summed E-state index contributed by atoms with van der Waals surface area (Å²) in [5.74, 6) is -1.90. The maximum atomic E-state index is 12.7. The molecular weight excluding hydrogens is 384 g/mol. The monoisotopic (exact) mass is 404 g/mol. The van der Waals surface area contributed by atoms with Crippen LogP contribution in [0.4, 0.5) is 5.69 Å². The molecule has 2 aliphatic carbocycles. The summed E-state index contributed by atoms with van der Waals surface area (Å²) in [6.45, 7) is 0.958. The Kier molecular flexibility index (Phi) is 4.87. The van der Waals surface area contributed by atoms with Gasteiger partial charge < -0.3 is 10.1 Å². The Hall–Kier alpha value is -2.41. The second kappa shape index (κ2) is 7.20.